The number of nitrogens with zero attached hydrogens (tertiary/aromatic N) is 5. The second-order valence-corrected chi connectivity index (χ2v) is 7.96. The molecule has 0 aliphatic carbocycles. The zero-order chi connectivity index (χ0) is 14.8. The summed E-state index contributed by atoms with van der Waals surface area (Å²) in [6.07, 6.45) is 0. The number of halogens is 1. The summed E-state index contributed by atoms with van der Waals surface area (Å²) < 4.78 is 3.79. The molecule has 6 nitrogen and oxygen atoms in total. The maximum Gasteiger partial charge on any atom is 0.370 e. The van der Waals surface area contributed by atoms with Gasteiger partial charge in [0.05, 0.1) is 3.79 Å². The van der Waals surface area contributed by atoms with Crippen LogP contribution in [0, 0.1) is 0 Å². The minimum Gasteiger partial charge on any atom is -0.282 e. The third-order valence-corrected chi connectivity index (χ3v) is 5.24. The van der Waals surface area contributed by atoms with Crippen LogP contribution in [0.1, 0.15) is 4.88 Å². The van der Waals surface area contributed by atoms with Crippen LogP contribution in [0.5, 0.6) is 0 Å². The second-order valence-electron chi connectivity index (χ2n) is 4.49. The average Bonchev–Trinajstić information content (AvgIpc) is 3.14. The minimum absolute atomic E-state index is 0.225. The summed E-state index contributed by atoms with van der Waals surface area (Å²) >= 11 is 6.59. The predicted octanol–water partition coefficient (Wildman–Crippen LogP) is 2.40. The first-order valence-electron chi connectivity index (χ1n) is 6.13. The Bertz CT molecular complexity index is 776. The molecule has 0 saturated heterocycles. The highest BCUT2D eigenvalue weighted by Crippen LogP contribution is 2.22. The molecular weight excluding hydrogens is 374 g/mol. The van der Waals surface area contributed by atoms with Crippen molar-refractivity contribution in [3.05, 3.63) is 48.8 Å². The maximum absolute atomic E-state index is 12.2. The monoisotopic (exact) mass is 385 g/mol. The molecule has 110 valence electrons. The van der Waals surface area contributed by atoms with E-state index in [0.29, 0.717) is 6.67 Å². The van der Waals surface area contributed by atoms with Gasteiger partial charge in [0.1, 0.15) is 11.7 Å². The van der Waals surface area contributed by atoms with Crippen LogP contribution < -0.4 is 5.69 Å². The van der Waals surface area contributed by atoms with E-state index in [-0.39, 0.29) is 5.69 Å². The van der Waals surface area contributed by atoms with Gasteiger partial charge in [-0.1, -0.05) is 0 Å². The molecule has 0 aliphatic heterocycles. The Labute approximate surface area is 137 Å². The van der Waals surface area contributed by atoms with Crippen molar-refractivity contribution < 1.29 is 0 Å². The van der Waals surface area contributed by atoms with E-state index in [9.17, 15) is 4.79 Å². The van der Waals surface area contributed by atoms with E-state index in [4.69, 9.17) is 0 Å². The zero-order valence-electron chi connectivity index (χ0n) is 11.1. The van der Waals surface area contributed by atoms with Crippen LogP contribution in [-0.4, -0.2) is 31.7 Å². The lowest BCUT2D eigenvalue weighted by Crippen LogP contribution is -2.31. The third kappa shape index (κ3) is 3.31. The van der Waals surface area contributed by atoms with Gasteiger partial charge in [0.15, 0.2) is 0 Å². The summed E-state index contributed by atoms with van der Waals surface area (Å²) in [5.74, 6) is 0. The lowest BCUT2D eigenvalue weighted by atomic mass is 10.4. The first-order chi connectivity index (χ1) is 10.1. The fourth-order valence-electron chi connectivity index (χ4n) is 1.87. The normalized spacial score (nSPS) is 11.4. The summed E-state index contributed by atoms with van der Waals surface area (Å²) in [4.78, 5) is 15.5. The van der Waals surface area contributed by atoms with Gasteiger partial charge in [-0.2, -0.15) is 9.36 Å². The first-order valence-corrected chi connectivity index (χ1v) is 8.62. The Balaban J connectivity index is 1.72. The van der Waals surface area contributed by atoms with Gasteiger partial charge in [-0.3, -0.25) is 4.90 Å². The molecule has 0 bridgehead atoms. The van der Waals surface area contributed by atoms with E-state index >= 15 is 0 Å². The first kappa shape index (κ1) is 14.6. The number of thiophene rings is 2. The Hall–Kier alpha value is -1.29. The molecular formula is C12H12BrN5OS2. The molecule has 0 radical (unpaired) electrons. The van der Waals surface area contributed by atoms with Gasteiger partial charge in [0.25, 0.3) is 0 Å². The van der Waals surface area contributed by atoms with Crippen LogP contribution in [0.4, 0.5) is 0 Å². The van der Waals surface area contributed by atoms with Gasteiger partial charge in [0.2, 0.25) is 0 Å². The highest BCUT2D eigenvalue weighted by Gasteiger charge is 2.11. The molecule has 3 aromatic rings. The van der Waals surface area contributed by atoms with Crippen LogP contribution in [0.25, 0.3) is 5.00 Å². The maximum atomic E-state index is 12.2. The number of tetrazole rings is 1. The van der Waals surface area contributed by atoms with Crippen LogP contribution in [0.3, 0.4) is 0 Å². The van der Waals surface area contributed by atoms with Gasteiger partial charge in [0, 0.05) is 11.4 Å². The Morgan fingerprint density at radius 3 is 2.86 bits per heavy atom. The van der Waals surface area contributed by atoms with Crippen molar-refractivity contribution in [2.75, 3.05) is 7.05 Å². The summed E-state index contributed by atoms with van der Waals surface area (Å²) in [6, 6.07) is 7.81. The van der Waals surface area contributed by atoms with Crippen molar-refractivity contribution in [2.45, 2.75) is 13.2 Å². The Morgan fingerprint density at radius 1 is 1.33 bits per heavy atom. The van der Waals surface area contributed by atoms with Crippen LogP contribution in [0.15, 0.2) is 38.2 Å². The molecule has 3 aromatic heterocycles. The number of hydrogen-bond acceptors (Lipinski definition) is 6. The lowest BCUT2D eigenvalue weighted by molar-refractivity contribution is 0.241. The molecule has 3 heterocycles. The fraction of sp³-hybridized carbons (Fsp3) is 0.250. The highest BCUT2D eigenvalue weighted by atomic mass is 79.9. The van der Waals surface area contributed by atoms with Crippen LogP contribution >= 0.6 is 38.6 Å². The SMILES string of the molecule is CN(Cc1ccc(Br)s1)Cn1nnn(-c2cccs2)c1=O. The predicted molar refractivity (Wildman–Crippen MR) is 87.0 cm³/mol. The minimum atomic E-state index is -0.225. The molecule has 0 atom stereocenters. The summed E-state index contributed by atoms with van der Waals surface area (Å²) in [6.45, 7) is 1.16. The Morgan fingerprint density at radius 2 is 2.19 bits per heavy atom. The molecule has 21 heavy (non-hydrogen) atoms. The molecule has 0 spiro atoms. The highest BCUT2D eigenvalue weighted by molar-refractivity contribution is 9.11. The summed E-state index contributed by atoms with van der Waals surface area (Å²) in [5, 5.41) is 10.5. The van der Waals surface area contributed by atoms with Crippen molar-refractivity contribution in [2.24, 2.45) is 0 Å². The average molecular weight is 386 g/mol. The molecule has 0 aliphatic rings. The molecule has 0 unspecified atom stereocenters. The number of aromatic nitrogens is 4. The van der Waals surface area contributed by atoms with Gasteiger partial charge in [-0.25, -0.2) is 4.79 Å². The van der Waals surface area contributed by atoms with E-state index < -0.39 is 0 Å². The van der Waals surface area contributed by atoms with E-state index in [1.54, 1.807) is 11.3 Å². The summed E-state index contributed by atoms with van der Waals surface area (Å²) in [5.41, 5.74) is -0.225. The topological polar surface area (TPSA) is 56.0 Å². The smallest absolute Gasteiger partial charge is 0.282 e. The molecule has 0 N–H and O–H groups in total. The number of hydrogen-bond donors (Lipinski definition) is 0. The third-order valence-electron chi connectivity index (χ3n) is 2.78. The largest absolute Gasteiger partial charge is 0.370 e. The van der Waals surface area contributed by atoms with Crippen molar-refractivity contribution in [1.82, 2.24) is 24.7 Å². The van der Waals surface area contributed by atoms with E-state index in [1.807, 2.05) is 35.5 Å². The van der Waals surface area contributed by atoms with Crippen molar-refractivity contribution >= 4 is 38.6 Å². The van der Waals surface area contributed by atoms with E-state index in [1.165, 1.54) is 25.6 Å². The quantitative estimate of drug-likeness (QED) is 0.676. The van der Waals surface area contributed by atoms with Crippen LogP contribution in [0.2, 0.25) is 0 Å². The van der Waals surface area contributed by atoms with Gasteiger partial charge in [-0.15, -0.1) is 22.7 Å². The molecule has 9 heteroatoms. The standard InChI is InChI=1S/C12H12BrN5OS2/c1-16(7-9-4-5-10(13)21-9)8-17-12(19)18(15-14-17)11-3-2-6-20-11/h2-6H,7-8H2,1H3. The van der Waals surface area contributed by atoms with Crippen molar-refractivity contribution in [1.29, 1.82) is 0 Å². The van der Waals surface area contributed by atoms with Crippen molar-refractivity contribution in [3.8, 4) is 5.00 Å². The summed E-state index contributed by atoms with van der Waals surface area (Å²) in [7, 11) is 1.95. The van der Waals surface area contributed by atoms with Crippen LogP contribution in [-0.2, 0) is 13.2 Å². The van der Waals surface area contributed by atoms with Gasteiger partial charge < -0.3 is 0 Å². The Kier molecular flexibility index (Phi) is 4.34. The second kappa shape index (κ2) is 6.22. The van der Waals surface area contributed by atoms with Gasteiger partial charge >= 0.3 is 5.69 Å². The molecule has 0 saturated carbocycles. The number of rotatable bonds is 5. The van der Waals surface area contributed by atoms with E-state index in [0.717, 1.165) is 15.3 Å². The van der Waals surface area contributed by atoms with Crippen molar-refractivity contribution in [3.63, 3.8) is 0 Å². The van der Waals surface area contributed by atoms with Gasteiger partial charge in [-0.05, 0) is 63.0 Å². The molecule has 3 rings (SSSR count). The molecule has 0 aromatic carbocycles. The van der Waals surface area contributed by atoms with E-state index in [2.05, 4.69) is 32.4 Å². The zero-order valence-corrected chi connectivity index (χ0v) is 14.4. The molecule has 0 amide bonds. The molecule has 0 fully saturated rings. The fourth-order valence-corrected chi connectivity index (χ4v) is 4.10. The lowest BCUT2D eigenvalue weighted by Gasteiger charge is -2.13.